The predicted octanol–water partition coefficient (Wildman–Crippen LogP) is 1.92. The van der Waals surface area contributed by atoms with Crippen molar-refractivity contribution in [1.29, 1.82) is 0 Å². The summed E-state index contributed by atoms with van der Waals surface area (Å²) in [6.07, 6.45) is 0. The normalized spacial score (nSPS) is 10.6. The van der Waals surface area contributed by atoms with Gasteiger partial charge in [0, 0.05) is 0 Å². The lowest BCUT2D eigenvalue weighted by Gasteiger charge is -1.96. The first-order valence-electron chi connectivity index (χ1n) is 5.00. The molecule has 0 atom stereocenters. The van der Waals surface area contributed by atoms with E-state index in [1.165, 1.54) is 11.3 Å². The summed E-state index contributed by atoms with van der Waals surface area (Å²) in [6, 6.07) is 1.88. The average molecular weight is 239 g/mol. The van der Waals surface area contributed by atoms with Crippen LogP contribution in [0.5, 0.6) is 5.75 Å². The van der Waals surface area contributed by atoms with E-state index in [2.05, 4.69) is 15.5 Å². The fourth-order valence-corrected chi connectivity index (χ4v) is 2.05. The molecule has 86 valence electrons. The molecule has 0 amide bonds. The van der Waals surface area contributed by atoms with E-state index in [4.69, 9.17) is 9.26 Å². The molecule has 0 aliphatic rings. The van der Waals surface area contributed by atoms with Crippen LogP contribution in [0, 0.1) is 0 Å². The van der Waals surface area contributed by atoms with Crippen LogP contribution in [-0.2, 0) is 6.54 Å². The van der Waals surface area contributed by atoms with Crippen molar-refractivity contribution >= 4 is 11.3 Å². The number of nitrogens with zero attached hydrogens (tertiary/aromatic N) is 2. The smallest absolute Gasteiger partial charge is 0.271 e. The molecule has 0 spiro atoms. The molecular weight excluding hydrogens is 226 g/mol. The van der Waals surface area contributed by atoms with Gasteiger partial charge >= 0.3 is 0 Å². The van der Waals surface area contributed by atoms with Gasteiger partial charge in [0.05, 0.1) is 13.7 Å². The van der Waals surface area contributed by atoms with E-state index in [0.717, 1.165) is 17.2 Å². The lowest BCUT2D eigenvalue weighted by molar-refractivity contribution is 0.404. The first-order chi connectivity index (χ1) is 7.85. The highest BCUT2D eigenvalue weighted by Gasteiger charge is 2.14. The maximum atomic E-state index is 5.20. The summed E-state index contributed by atoms with van der Waals surface area (Å²) in [7, 11) is 1.63. The van der Waals surface area contributed by atoms with Crippen LogP contribution in [0.3, 0.4) is 0 Å². The van der Waals surface area contributed by atoms with Gasteiger partial charge in [0.15, 0.2) is 5.82 Å². The number of hydrogen-bond acceptors (Lipinski definition) is 6. The van der Waals surface area contributed by atoms with E-state index in [-0.39, 0.29) is 0 Å². The van der Waals surface area contributed by atoms with E-state index in [9.17, 15) is 0 Å². The molecule has 2 heterocycles. The van der Waals surface area contributed by atoms with Crippen LogP contribution in [0.15, 0.2) is 16.0 Å². The summed E-state index contributed by atoms with van der Waals surface area (Å²) in [5.74, 6) is 1.94. The zero-order valence-corrected chi connectivity index (χ0v) is 10.0. The van der Waals surface area contributed by atoms with Crippen LogP contribution < -0.4 is 10.1 Å². The average Bonchev–Trinajstić information content (AvgIpc) is 2.94. The topological polar surface area (TPSA) is 60.2 Å². The number of nitrogens with one attached hydrogen (secondary N) is 1. The second-order valence-corrected chi connectivity index (χ2v) is 4.03. The molecule has 2 aromatic heterocycles. The summed E-state index contributed by atoms with van der Waals surface area (Å²) in [6.45, 7) is 3.53. The maximum absolute atomic E-state index is 5.20. The van der Waals surface area contributed by atoms with Crippen LogP contribution in [-0.4, -0.2) is 23.8 Å². The Balaban J connectivity index is 2.18. The molecule has 2 aromatic rings. The summed E-state index contributed by atoms with van der Waals surface area (Å²) < 4.78 is 10.4. The van der Waals surface area contributed by atoms with Crippen LogP contribution >= 0.6 is 11.3 Å². The van der Waals surface area contributed by atoms with Gasteiger partial charge in [0.1, 0.15) is 10.6 Å². The third-order valence-electron chi connectivity index (χ3n) is 2.04. The summed E-state index contributed by atoms with van der Waals surface area (Å²) in [5, 5.41) is 8.96. The quantitative estimate of drug-likeness (QED) is 0.863. The SMILES string of the molecule is CCNCc1noc(-c2sccc2OC)n1. The highest BCUT2D eigenvalue weighted by molar-refractivity contribution is 7.13. The van der Waals surface area contributed by atoms with Crippen molar-refractivity contribution in [3.05, 3.63) is 17.3 Å². The van der Waals surface area contributed by atoms with Gasteiger partial charge in [-0.1, -0.05) is 12.1 Å². The van der Waals surface area contributed by atoms with Gasteiger partial charge in [-0.25, -0.2) is 0 Å². The van der Waals surface area contributed by atoms with Crippen molar-refractivity contribution in [3.63, 3.8) is 0 Å². The molecule has 1 N–H and O–H groups in total. The van der Waals surface area contributed by atoms with Crippen molar-refractivity contribution in [2.45, 2.75) is 13.5 Å². The van der Waals surface area contributed by atoms with Crippen LogP contribution in [0.1, 0.15) is 12.7 Å². The first-order valence-corrected chi connectivity index (χ1v) is 5.88. The molecule has 5 nitrogen and oxygen atoms in total. The predicted molar refractivity (Wildman–Crippen MR) is 61.5 cm³/mol. The van der Waals surface area contributed by atoms with E-state index < -0.39 is 0 Å². The summed E-state index contributed by atoms with van der Waals surface area (Å²) in [5.41, 5.74) is 0. The van der Waals surface area contributed by atoms with Gasteiger partial charge in [-0.2, -0.15) is 4.98 Å². The van der Waals surface area contributed by atoms with Crippen LogP contribution in [0.2, 0.25) is 0 Å². The van der Waals surface area contributed by atoms with Crippen LogP contribution in [0.4, 0.5) is 0 Å². The molecular formula is C10H13N3O2S. The Labute approximate surface area is 97.4 Å². The van der Waals surface area contributed by atoms with Gasteiger partial charge in [-0.3, -0.25) is 0 Å². The Morgan fingerprint density at radius 2 is 2.44 bits per heavy atom. The molecule has 16 heavy (non-hydrogen) atoms. The van der Waals surface area contributed by atoms with Gasteiger partial charge < -0.3 is 14.6 Å². The third kappa shape index (κ3) is 2.23. The van der Waals surface area contributed by atoms with Gasteiger partial charge in [-0.15, -0.1) is 11.3 Å². The van der Waals surface area contributed by atoms with E-state index in [0.29, 0.717) is 18.3 Å². The number of methoxy groups -OCH3 is 1. The molecule has 0 radical (unpaired) electrons. The molecule has 0 aromatic carbocycles. The van der Waals surface area contributed by atoms with Gasteiger partial charge in [0.2, 0.25) is 0 Å². The van der Waals surface area contributed by atoms with E-state index in [1.54, 1.807) is 7.11 Å². The monoisotopic (exact) mass is 239 g/mol. The number of rotatable bonds is 5. The zero-order chi connectivity index (χ0) is 11.4. The second-order valence-electron chi connectivity index (χ2n) is 3.11. The van der Waals surface area contributed by atoms with Crippen molar-refractivity contribution in [1.82, 2.24) is 15.5 Å². The minimum absolute atomic E-state index is 0.514. The van der Waals surface area contributed by atoms with Gasteiger partial charge in [0.25, 0.3) is 5.89 Å². The van der Waals surface area contributed by atoms with Crippen molar-refractivity contribution in [2.24, 2.45) is 0 Å². The molecule has 0 aliphatic heterocycles. The van der Waals surface area contributed by atoms with Crippen molar-refractivity contribution in [3.8, 4) is 16.5 Å². The Morgan fingerprint density at radius 1 is 1.56 bits per heavy atom. The Hall–Kier alpha value is -1.40. The van der Waals surface area contributed by atoms with E-state index >= 15 is 0 Å². The van der Waals surface area contributed by atoms with Crippen molar-refractivity contribution in [2.75, 3.05) is 13.7 Å². The molecule has 0 unspecified atom stereocenters. The Bertz CT molecular complexity index is 452. The summed E-state index contributed by atoms with van der Waals surface area (Å²) in [4.78, 5) is 5.16. The molecule has 0 saturated carbocycles. The Morgan fingerprint density at radius 3 is 3.19 bits per heavy atom. The highest BCUT2D eigenvalue weighted by Crippen LogP contribution is 2.33. The number of ether oxygens (including phenoxy) is 1. The largest absolute Gasteiger partial charge is 0.495 e. The summed E-state index contributed by atoms with van der Waals surface area (Å²) >= 11 is 1.52. The maximum Gasteiger partial charge on any atom is 0.271 e. The Kier molecular flexibility index (Phi) is 3.53. The first kappa shape index (κ1) is 11.1. The van der Waals surface area contributed by atoms with Crippen LogP contribution in [0.25, 0.3) is 10.8 Å². The third-order valence-corrected chi connectivity index (χ3v) is 2.93. The molecule has 0 saturated heterocycles. The molecule has 0 aliphatic carbocycles. The van der Waals surface area contributed by atoms with E-state index in [1.807, 2.05) is 18.4 Å². The number of thiophene rings is 1. The number of hydrogen-bond donors (Lipinski definition) is 1. The number of aromatic nitrogens is 2. The molecule has 0 bridgehead atoms. The fourth-order valence-electron chi connectivity index (χ4n) is 1.27. The second kappa shape index (κ2) is 5.09. The lowest BCUT2D eigenvalue weighted by atomic mass is 10.4. The molecule has 0 fully saturated rings. The zero-order valence-electron chi connectivity index (χ0n) is 9.19. The standard InChI is InChI=1S/C10H13N3O2S/c1-3-11-6-8-12-10(15-13-8)9-7(14-2)4-5-16-9/h4-5,11H,3,6H2,1-2H3. The molecule has 6 heteroatoms. The van der Waals surface area contributed by atoms with Gasteiger partial charge in [-0.05, 0) is 18.0 Å². The van der Waals surface area contributed by atoms with Crippen molar-refractivity contribution < 1.29 is 9.26 Å². The minimum Gasteiger partial charge on any atom is -0.495 e. The lowest BCUT2D eigenvalue weighted by Crippen LogP contribution is -2.12. The molecule has 2 rings (SSSR count). The highest BCUT2D eigenvalue weighted by atomic mass is 32.1. The minimum atomic E-state index is 0.514. The fraction of sp³-hybridized carbons (Fsp3) is 0.400.